The molecule has 5 heteroatoms. The van der Waals surface area contributed by atoms with Crippen molar-refractivity contribution < 1.29 is 9.53 Å². The van der Waals surface area contributed by atoms with Gasteiger partial charge in [-0.05, 0) is 7.05 Å². The largest absolute Gasteiger partial charge is 0.468 e. The summed E-state index contributed by atoms with van der Waals surface area (Å²) in [5.41, 5.74) is 0. The first kappa shape index (κ1) is 9.45. The number of hydrogen-bond donors (Lipinski definition) is 2. The second-order valence-electron chi connectivity index (χ2n) is 1.77. The summed E-state index contributed by atoms with van der Waals surface area (Å²) in [5, 5.41) is 5.11. The Balaban J connectivity index is 3.68. The zero-order chi connectivity index (χ0) is 7.98. The van der Waals surface area contributed by atoms with E-state index in [1.807, 2.05) is 0 Å². The highest BCUT2D eigenvalue weighted by molar-refractivity contribution is 6.04. The van der Waals surface area contributed by atoms with Gasteiger partial charge in [0, 0.05) is 6.54 Å². The summed E-state index contributed by atoms with van der Waals surface area (Å²) in [6.07, 6.45) is 0. The lowest BCUT2D eigenvalue weighted by molar-refractivity contribution is -0.142. The Labute approximate surface area is 61.7 Å². The molecule has 0 aromatic rings. The molecule has 4 nitrogen and oxygen atoms in total. The first-order chi connectivity index (χ1) is 4.76. The molecule has 56 valence electrons. The molecule has 0 aromatic heterocycles. The van der Waals surface area contributed by atoms with Crippen LogP contribution >= 0.6 is 0 Å². The standard InChI is InChI=1S/C5H11BN2O2/c1-7-4(3-8-6)5(9)10-2/h4,7-8H,3H2,1-2H3/t4-/m0/s1. The first-order valence-electron chi connectivity index (χ1n) is 2.94. The Kier molecular flexibility index (Phi) is 4.97. The summed E-state index contributed by atoms with van der Waals surface area (Å²) in [6.45, 7) is 0.364. The molecule has 2 N–H and O–H groups in total. The van der Waals surface area contributed by atoms with E-state index in [4.69, 9.17) is 7.98 Å². The Morgan fingerprint density at radius 3 is 2.70 bits per heavy atom. The van der Waals surface area contributed by atoms with Crippen molar-refractivity contribution in [3.8, 4) is 0 Å². The number of esters is 1. The van der Waals surface area contributed by atoms with Gasteiger partial charge in [-0.25, -0.2) is 0 Å². The fourth-order valence-corrected chi connectivity index (χ4v) is 0.563. The minimum atomic E-state index is -0.366. The van der Waals surface area contributed by atoms with Crippen LogP contribution in [0.5, 0.6) is 0 Å². The van der Waals surface area contributed by atoms with E-state index in [9.17, 15) is 4.79 Å². The molecule has 0 aliphatic rings. The highest BCUT2D eigenvalue weighted by Crippen LogP contribution is 1.83. The molecule has 10 heavy (non-hydrogen) atoms. The Morgan fingerprint density at radius 2 is 2.40 bits per heavy atom. The smallest absolute Gasteiger partial charge is 0.324 e. The van der Waals surface area contributed by atoms with Crippen LogP contribution in [0.25, 0.3) is 0 Å². The molecule has 0 aliphatic heterocycles. The molecule has 0 aliphatic carbocycles. The summed E-state index contributed by atoms with van der Waals surface area (Å²) in [6, 6.07) is -0.366. The van der Waals surface area contributed by atoms with Crippen LogP contribution < -0.4 is 10.5 Å². The monoisotopic (exact) mass is 142 g/mol. The summed E-state index contributed by atoms with van der Waals surface area (Å²) in [7, 11) is 8.00. The van der Waals surface area contributed by atoms with Gasteiger partial charge in [0.1, 0.15) is 6.04 Å². The SMILES string of the molecule is [B]NC[C@H](NC)C(=O)OC. The maximum atomic E-state index is 10.8. The van der Waals surface area contributed by atoms with Gasteiger partial charge < -0.3 is 15.3 Å². The molecule has 0 fully saturated rings. The fourth-order valence-electron chi connectivity index (χ4n) is 0.563. The van der Waals surface area contributed by atoms with Gasteiger partial charge in [-0.1, -0.05) is 0 Å². The molecular formula is C5H11BN2O2. The van der Waals surface area contributed by atoms with Crippen molar-refractivity contribution in [2.75, 3.05) is 20.7 Å². The van der Waals surface area contributed by atoms with Crippen LogP contribution in [0.4, 0.5) is 0 Å². The van der Waals surface area contributed by atoms with Crippen molar-refractivity contribution in [1.29, 1.82) is 0 Å². The molecule has 1 atom stereocenters. The molecule has 0 saturated heterocycles. The van der Waals surface area contributed by atoms with Crippen molar-refractivity contribution >= 4 is 14.0 Å². The first-order valence-corrected chi connectivity index (χ1v) is 2.94. The minimum Gasteiger partial charge on any atom is -0.468 e. The van der Waals surface area contributed by atoms with Crippen molar-refractivity contribution in [3.05, 3.63) is 0 Å². The van der Waals surface area contributed by atoms with Crippen LogP contribution in [0.1, 0.15) is 0 Å². The van der Waals surface area contributed by atoms with Crippen LogP contribution in [0, 0.1) is 0 Å². The van der Waals surface area contributed by atoms with Gasteiger partial charge in [0.2, 0.25) is 0 Å². The maximum Gasteiger partial charge on any atom is 0.324 e. The molecule has 2 radical (unpaired) electrons. The molecular weight excluding hydrogens is 131 g/mol. The summed E-state index contributed by atoms with van der Waals surface area (Å²) >= 11 is 0. The lowest BCUT2D eigenvalue weighted by Crippen LogP contribution is -2.42. The topological polar surface area (TPSA) is 50.4 Å². The average molecular weight is 142 g/mol. The van der Waals surface area contributed by atoms with E-state index in [2.05, 4.69) is 15.3 Å². The van der Waals surface area contributed by atoms with Gasteiger partial charge >= 0.3 is 5.97 Å². The molecule has 0 aromatic carbocycles. The van der Waals surface area contributed by atoms with E-state index in [1.54, 1.807) is 7.05 Å². The predicted octanol–water partition coefficient (Wildman–Crippen LogP) is -1.58. The van der Waals surface area contributed by atoms with E-state index in [0.717, 1.165) is 0 Å². The number of rotatable bonds is 4. The fraction of sp³-hybridized carbons (Fsp3) is 0.800. The number of carbonyl (C=O) groups excluding carboxylic acids is 1. The number of hydrogen-bond acceptors (Lipinski definition) is 4. The molecule has 0 heterocycles. The quantitative estimate of drug-likeness (QED) is 0.367. The van der Waals surface area contributed by atoms with Gasteiger partial charge in [0.25, 0.3) is 0 Å². The highest BCUT2D eigenvalue weighted by Gasteiger charge is 2.14. The van der Waals surface area contributed by atoms with Gasteiger partial charge in [0.15, 0.2) is 7.98 Å². The predicted molar refractivity (Wildman–Crippen MR) is 38.6 cm³/mol. The number of carbonyl (C=O) groups is 1. The Bertz CT molecular complexity index is 110. The van der Waals surface area contributed by atoms with Crippen LogP contribution in [-0.2, 0) is 9.53 Å². The maximum absolute atomic E-state index is 10.8. The van der Waals surface area contributed by atoms with E-state index >= 15 is 0 Å². The Morgan fingerprint density at radius 1 is 1.80 bits per heavy atom. The number of likely N-dealkylation sites (N-methyl/N-ethyl adjacent to an activating group) is 1. The second-order valence-corrected chi connectivity index (χ2v) is 1.77. The third-order valence-electron chi connectivity index (χ3n) is 1.16. The second kappa shape index (κ2) is 5.26. The van der Waals surface area contributed by atoms with Gasteiger partial charge in [0.05, 0.1) is 7.11 Å². The lowest BCUT2D eigenvalue weighted by Gasteiger charge is -2.11. The van der Waals surface area contributed by atoms with Crippen LogP contribution in [-0.4, -0.2) is 40.7 Å². The van der Waals surface area contributed by atoms with E-state index in [-0.39, 0.29) is 12.0 Å². The number of methoxy groups -OCH3 is 1. The molecule has 0 bridgehead atoms. The normalized spacial score (nSPS) is 12.6. The summed E-state index contributed by atoms with van der Waals surface area (Å²) < 4.78 is 4.46. The van der Waals surface area contributed by atoms with Crippen molar-refractivity contribution in [3.63, 3.8) is 0 Å². The lowest BCUT2D eigenvalue weighted by atomic mass is 10.2. The van der Waals surface area contributed by atoms with Crippen molar-refractivity contribution in [1.82, 2.24) is 10.5 Å². The van der Waals surface area contributed by atoms with Crippen LogP contribution in [0.15, 0.2) is 0 Å². The highest BCUT2D eigenvalue weighted by atomic mass is 16.5. The zero-order valence-electron chi connectivity index (χ0n) is 6.18. The Hall–Kier alpha value is -0.545. The summed E-state index contributed by atoms with van der Waals surface area (Å²) in [4.78, 5) is 10.8. The third kappa shape index (κ3) is 2.84. The average Bonchev–Trinajstić information content (AvgIpc) is 1.99. The minimum absolute atomic E-state index is 0.319. The van der Waals surface area contributed by atoms with E-state index < -0.39 is 0 Å². The molecule has 0 amide bonds. The van der Waals surface area contributed by atoms with Crippen molar-refractivity contribution in [2.24, 2.45) is 0 Å². The van der Waals surface area contributed by atoms with Gasteiger partial charge in [-0.3, -0.25) is 4.79 Å². The molecule has 0 unspecified atom stereocenters. The third-order valence-corrected chi connectivity index (χ3v) is 1.16. The van der Waals surface area contributed by atoms with Gasteiger partial charge in [-0.15, -0.1) is 0 Å². The molecule has 0 rings (SSSR count). The molecule has 0 spiro atoms. The van der Waals surface area contributed by atoms with Gasteiger partial charge in [-0.2, -0.15) is 0 Å². The number of nitrogens with one attached hydrogen (secondary N) is 2. The van der Waals surface area contributed by atoms with Crippen LogP contribution in [0.3, 0.4) is 0 Å². The van der Waals surface area contributed by atoms with Crippen LogP contribution in [0.2, 0.25) is 0 Å². The molecule has 0 saturated carbocycles. The van der Waals surface area contributed by atoms with Crippen molar-refractivity contribution in [2.45, 2.75) is 6.04 Å². The summed E-state index contributed by atoms with van der Waals surface area (Å²) in [5.74, 6) is -0.319. The number of ether oxygens (including phenoxy) is 1. The zero-order valence-corrected chi connectivity index (χ0v) is 6.18. The van der Waals surface area contributed by atoms with E-state index in [1.165, 1.54) is 7.11 Å². The van der Waals surface area contributed by atoms with E-state index in [0.29, 0.717) is 6.54 Å².